The van der Waals surface area contributed by atoms with E-state index >= 15 is 0 Å². The van der Waals surface area contributed by atoms with Gasteiger partial charge in [-0.3, -0.25) is 9.59 Å². The fraction of sp³-hybridized carbons (Fsp3) is 0.0556. The van der Waals surface area contributed by atoms with Crippen molar-refractivity contribution >= 4 is 46.1 Å². The quantitative estimate of drug-likeness (QED) is 0.639. The summed E-state index contributed by atoms with van der Waals surface area (Å²) in [6.45, 7) is 0. The van der Waals surface area contributed by atoms with Crippen LogP contribution in [0, 0.1) is 0 Å². The molecule has 0 fully saturated rings. The lowest BCUT2D eigenvalue weighted by Gasteiger charge is -2.12. The number of methoxy groups -OCH3 is 1. The highest BCUT2D eigenvalue weighted by molar-refractivity contribution is 7.12. The zero-order chi connectivity index (χ0) is 18.5. The molecule has 3 aromatic rings. The number of carbonyl (C=O) groups excluding carboxylic acids is 2. The summed E-state index contributed by atoms with van der Waals surface area (Å²) in [5.41, 5.74) is 1.27. The van der Waals surface area contributed by atoms with Crippen LogP contribution in [0.4, 0.5) is 11.4 Å². The second kappa shape index (κ2) is 7.99. The van der Waals surface area contributed by atoms with E-state index < -0.39 is 0 Å². The van der Waals surface area contributed by atoms with E-state index in [4.69, 9.17) is 16.3 Å². The van der Waals surface area contributed by atoms with Gasteiger partial charge in [0.25, 0.3) is 11.8 Å². The van der Waals surface area contributed by atoms with Crippen molar-refractivity contribution in [1.29, 1.82) is 0 Å². The number of amides is 2. The Kier molecular flexibility index (Phi) is 5.50. The predicted octanol–water partition coefficient (Wildman–Crippen LogP) is 4.31. The van der Waals surface area contributed by atoms with Crippen LogP contribution in [-0.2, 0) is 0 Å². The molecule has 0 saturated carbocycles. The van der Waals surface area contributed by atoms with E-state index in [9.17, 15) is 9.59 Å². The van der Waals surface area contributed by atoms with Gasteiger partial charge in [0.1, 0.15) is 10.9 Å². The molecular weight excluding hydrogens is 374 g/mol. The van der Waals surface area contributed by atoms with Crippen molar-refractivity contribution < 1.29 is 14.3 Å². The molecule has 26 heavy (non-hydrogen) atoms. The fourth-order valence-electron chi connectivity index (χ4n) is 2.22. The zero-order valence-electron chi connectivity index (χ0n) is 13.7. The Labute approximate surface area is 158 Å². The van der Waals surface area contributed by atoms with Crippen molar-refractivity contribution in [2.45, 2.75) is 0 Å². The van der Waals surface area contributed by atoms with Crippen molar-refractivity contribution in [3.05, 3.63) is 69.6 Å². The molecule has 0 spiro atoms. The Morgan fingerprint density at radius 1 is 1.12 bits per heavy atom. The summed E-state index contributed by atoms with van der Waals surface area (Å²) >= 11 is 7.28. The average molecular weight is 388 g/mol. The smallest absolute Gasteiger partial charge is 0.265 e. The number of nitrogens with one attached hydrogen (secondary N) is 2. The third-order valence-corrected chi connectivity index (χ3v) is 4.63. The monoisotopic (exact) mass is 387 g/mol. The molecule has 132 valence electrons. The summed E-state index contributed by atoms with van der Waals surface area (Å²) in [5.74, 6) is -0.192. The number of rotatable bonds is 5. The predicted molar refractivity (Wildman–Crippen MR) is 102 cm³/mol. The number of ether oxygens (including phenoxy) is 1. The van der Waals surface area contributed by atoms with E-state index in [2.05, 4.69) is 15.6 Å². The molecule has 0 saturated heterocycles. The van der Waals surface area contributed by atoms with Gasteiger partial charge in [-0.1, -0.05) is 17.7 Å². The Hall–Kier alpha value is -2.90. The number of hydrogen-bond acceptors (Lipinski definition) is 5. The molecule has 3 rings (SSSR count). The number of halogens is 1. The minimum absolute atomic E-state index is 0.122. The molecule has 2 aromatic heterocycles. The van der Waals surface area contributed by atoms with E-state index in [-0.39, 0.29) is 22.5 Å². The van der Waals surface area contributed by atoms with Crippen LogP contribution < -0.4 is 15.4 Å². The van der Waals surface area contributed by atoms with Crippen LogP contribution in [0.1, 0.15) is 20.0 Å². The molecule has 0 aliphatic rings. The molecule has 1 aromatic carbocycles. The minimum atomic E-state index is -0.388. The van der Waals surface area contributed by atoms with Crippen LogP contribution in [0.25, 0.3) is 0 Å². The highest BCUT2D eigenvalue weighted by Crippen LogP contribution is 2.29. The molecule has 0 atom stereocenters. The molecule has 0 aliphatic heterocycles. The number of benzene rings is 1. The molecule has 6 nitrogen and oxygen atoms in total. The maximum atomic E-state index is 12.3. The van der Waals surface area contributed by atoms with Crippen LogP contribution in [-0.4, -0.2) is 23.9 Å². The number of pyridine rings is 1. The van der Waals surface area contributed by atoms with Crippen LogP contribution in [0.2, 0.25) is 5.15 Å². The fourth-order valence-corrected chi connectivity index (χ4v) is 3.04. The van der Waals surface area contributed by atoms with E-state index in [0.717, 1.165) is 0 Å². The van der Waals surface area contributed by atoms with Crippen molar-refractivity contribution in [1.82, 2.24) is 4.98 Å². The van der Waals surface area contributed by atoms with E-state index in [1.807, 2.05) is 5.38 Å². The number of nitrogens with zero attached hydrogens (tertiary/aromatic N) is 1. The van der Waals surface area contributed by atoms with Gasteiger partial charge in [-0.05, 0) is 35.7 Å². The summed E-state index contributed by atoms with van der Waals surface area (Å²) in [4.78, 5) is 29.0. The first-order valence-corrected chi connectivity index (χ1v) is 8.79. The summed E-state index contributed by atoms with van der Waals surface area (Å²) in [6, 6.07) is 11.7. The minimum Gasteiger partial charge on any atom is -0.494 e. The van der Waals surface area contributed by atoms with Crippen molar-refractivity contribution in [3.63, 3.8) is 0 Å². The summed E-state index contributed by atoms with van der Waals surface area (Å²) in [5, 5.41) is 7.47. The van der Waals surface area contributed by atoms with Crippen molar-refractivity contribution in [3.8, 4) is 5.75 Å². The third-order valence-electron chi connectivity index (χ3n) is 3.46. The molecule has 8 heteroatoms. The first-order chi connectivity index (χ1) is 12.6. The van der Waals surface area contributed by atoms with E-state index in [1.165, 1.54) is 24.6 Å². The third kappa shape index (κ3) is 4.01. The number of thiophene rings is 1. The van der Waals surface area contributed by atoms with Crippen molar-refractivity contribution in [2.75, 3.05) is 17.7 Å². The SMILES string of the molecule is COc1cc(NC(=O)c2cccnc2Cl)ccc1NC(=O)c1cccs1. The molecule has 0 aliphatic carbocycles. The molecule has 0 unspecified atom stereocenters. The second-order valence-corrected chi connectivity index (χ2v) is 6.45. The summed E-state index contributed by atoms with van der Waals surface area (Å²) < 4.78 is 5.31. The molecule has 2 amide bonds. The number of aromatic nitrogens is 1. The van der Waals surface area contributed by atoms with Gasteiger partial charge >= 0.3 is 0 Å². The summed E-state index contributed by atoms with van der Waals surface area (Å²) in [6.07, 6.45) is 1.51. The van der Waals surface area contributed by atoms with Crippen LogP contribution in [0.5, 0.6) is 5.75 Å². The van der Waals surface area contributed by atoms with Crippen LogP contribution >= 0.6 is 22.9 Å². The number of anilines is 2. The highest BCUT2D eigenvalue weighted by atomic mass is 35.5. The van der Waals surface area contributed by atoms with Gasteiger partial charge < -0.3 is 15.4 Å². The maximum absolute atomic E-state index is 12.3. The number of carbonyl (C=O) groups is 2. The van der Waals surface area contributed by atoms with Gasteiger partial charge in [0.15, 0.2) is 0 Å². The largest absolute Gasteiger partial charge is 0.494 e. The molecule has 2 N–H and O–H groups in total. The Bertz CT molecular complexity index is 945. The molecule has 2 heterocycles. The standard InChI is InChI=1S/C18H14ClN3O3S/c1-25-14-10-11(21-17(23)12-4-2-8-20-16(12)19)6-7-13(14)22-18(24)15-5-3-9-26-15/h2-10H,1H3,(H,21,23)(H,22,24). The lowest BCUT2D eigenvalue weighted by Crippen LogP contribution is -2.14. The average Bonchev–Trinajstić information content (AvgIpc) is 3.18. The molecule has 0 radical (unpaired) electrons. The maximum Gasteiger partial charge on any atom is 0.265 e. The van der Waals surface area contributed by atoms with Gasteiger partial charge in [-0.2, -0.15) is 0 Å². The first-order valence-electron chi connectivity index (χ1n) is 7.53. The second-order valence-electron chi connectivity index (χ2n) is 5.14. The van der Waals surface area contributed by atoms with Crippen LogP contribution in [0.3, 0.4) is 0 Å². The van der Waals surface area contributed by atoms with Gasteiger partial charge in [-0.15, -0.1) is 11.3 Å². The van der Waals surface area contributed by atoms with Gasteiger partial charge in [-0.25, -0.2) is 4.98 Å². The highest BCUT2D eigenvalue weighted by Gasteiger charge is 2.14. The van der Waals surface area contributed by atoms with Gasteiger partial charge in [0.2, 0.25) is 0 Å². The van der Waals surface area contributed by atoms with Gasteiger partial charge in [0.05, 0.1) is 23.2 Å². The topological polar surface area (TPSA) is 80.3 Å². The van der Waals surface area contributed by atoms with Crippen molar-refractivity contribution in [2.24, 2.45) is 0 Å². The van der Waals surface area contributed by atoms with E-state index in [0.29, 0.717) is 22.0 Å². The molecular formula is C18H14ClN3O3S. The van der Waals surface area contributed by atoms with Crippen LogP contribution in [0.15, 0.2) is 54.0 Å². The lowest BCUT2D eigenvalue weighted by molar-refractivity contribution is 0.101. The Morgan fingerprint density at radius 2 is 1.96 bits per heavy atom. The normalized spacial score (nSPS) is 10.2. The van der Waals surface area contributed by atoms with E-state index in [1.54, 1.807) is 42.5 Å². The first kappa shape index (κ1) is 17.9. The van der Waals surface area contributed by atoms with Gasteiger partial charge in [0, 0.05) is 18.0 Å². The molecule has 0 bridgehead atoms. The number of hydrogen-bond donors (Lipinski definition) is 2. The summed E-state index contributed by atoms with van der Waals surface area (Å²) in [7, 11) is 1.49. The Morgan fingerprint density at radius 3 is 2.65 bits per heavy atom. The zero-order valence-corrected chi connectivity index (χ0v) is 15.2. The Balaban J connectivity index is 1.77. The lowest BCUT2D eigenvalue weighted by atomic mass is 10.2.